The number of aliphatic imine (C=N–C) groups is 1. The van der Waals surface area contributed by atoms with Gasteiger partial charge >= 0.3 is 0 Å². The van der Waals surface area contributed by atoms with Crippen LogP contribution in [0.5, 0.6) is 5.75 Å². The van der Waals surface area contributed by atoms with Crippen LogP contribution in [0.3, 0.4) is 0 Å². The summed E-state index contributed by atoms with van der Waals surface area (Å²) in [6, 6.07) is 19.5. The van der Waals surface area contributed by atoms with Crippen molar-refractivity contribution < 1.29 is 9.53 Å². The minimum absolute atomic E-state index is 0.144. The molecule has 1 heterocycles. The number of halogens is 3. The van der Waals surface area contributed by atoms with Gasteiger partial charge in [-0.2, -0.15) is 0 Å². The highest BCUT2D eigenvalue weighted by Gasteiger charge is 2.24. The fraction of sp³-hybridized carbons (Fsp3) is 0.0833. The Morgan fingerprint density at radius 2 is 1.72 bits per heavy atom. The Bertz CT molecular complexity index is 1200. The van der Waals surface area contributed by atoms with Crippen LogP contribution in [0, 0.1) is 14.1 Å². The number of amidine groups is 1. The average molecular weight is 687 g/mol. The van der Waals surface area contributed by atoms with Gasteiger partial charge in [-0.1, -0.05) is 41.4 Å². The molecule has 3 aromatic carbocycles. The molecule has 1 fully saturated rings. The molecule has 162 valence electrons. The molecule has 1 aliphatic rings. The second-order valence-electron chi connectivity index (χ2n) is 7.05. The Morgan fingerprint density at radius 1 is 1.06 bits per heavy atom. The van der Waals surface area contributed by atoms with Crippen LogP contribution in [0.25, 0.3) is 6.08 Å². The number of carbonyl (C=O) groups excluding carboxylic acids is 1. The Hall–Kier alpha value is -1.56. The minimum Gasteiger partial charge on any atom is -0.487 e. The number of hydrogen-bond acceptors (Lipinski definition) is 4. The lowest BCUT2D eigenvalue weighted by molar-refractivity contribution is -0.115. The Morgan fingerprint density at radius 3 is 2.38 bits per heavy atom. The molecule has 3 aromatic rings. The van der Waals surface area contributed by atoms with E-state index < -0.39 is 0 Å². The first-order chi connectivity index (χ1) is 15.4. The van der Waals surface area contributed by atoms with Crippen molar-refractivity contribution in [1.82, 2.24) is 5.32 Å². The molecule has 1 aliphatic heterocycles. The fourth-order valence-corrected chi connectivity index (χ4v) is 6.00. The van der Waals surface area contributed by atoms with Gasteiger partial charge in [-0.15, -0.1) is 0 Å². The van der Waals surface area contributed by atoms with Crippen LogP contribution in [-0.4, -0.2) is 11.1 Å². The van der Waals surface area contributed by atoms with Crippen LogP contribution in [0.15, 0.2) is 70.6 Å². The van der Waals surface area contributed by atoms with Crippen molar-refractivity contribution in [3.8, 4) is 5.75 Å². The standard InChI is InChI=1S/C24H17ClI2N2O2S/c1-14-2-8-18(9-3-14)28-24-29-23(30)21(32-24)12-16-10-19(26)22(20(27)11-16)31-13-15-4-6-17(25)7-5-15/h2-12H,13H2,1H3,(H,28,29,30)/b21-12-. The molecule has 0 bridgehead atoms. The van der Waals surface area contributed by atoms with Crippen molar-refractivity contribution in [1.29, 1.82) is 0 Å². The smallest absolute Gasteiger partial charge is 0.264 e. The third-order valence-corrected chi connectivity index (χ3v) is 7.29. The van der Waals surface area contributed by atoms with Crippen LogP contribution in [0.2, 0.25) is 5.02 Å². The van der Waals surface area contributed by atoms with Crippen LogP contribution < -0.4 is 10.1 Å². The molecule has 32 heavy (non-hydrogen) atoms. The van der Waals surface area contributed by atoms with Gasteiger partial charge < -0.3 is 10.1 Å². The minimum atomic E-state index is -0.144. The molecule has 4 rings (SSSR count). The van der Waals surface area contributed by atoms with E-state index in [4.69, 9.17) is 16.3 Å². The summed E-state index contributed by atoms with van der Waals surface area (Å²) in [7, 11) is 0. The second kappa shape index (κ2) is 10.6. The molecular weight excluding hydrogens is 670 g/mol. The summed E-state index contributed by atoms with van der Waals surface area (Å²) in [5, 5.41) is 4.12. The predicted octanol–water partition coefficient (Wildman–Crippen LogP) is 7.33. The second-order valence-corrected chi connectivity index (χ2v) is 10.8. The van der Waals surface area contributed by atoms with Crippen molar-refractivity contribution >= 4 is 91.4 Å². The normalized spacial score (nSPS) is 15.9. The van der Waals surface area contributed by atoms with Crippen LogP contribution in [0.4, 0.5) is 5.69 Å². The largest absolute Gasteiger partial charge is 0.487 e. The topological polar surface area (TPSA) is 50.7 Å². The van der Waals surface area contributed by atoms with E-state index in [-0.39, 0.29) is 5.91 Å². The van der Waals surface area contributed by atoms with Crippen LogP contribution in [-0.2, 0) is 11.4 Å². The van der Waals surface area contributed by atoms with E-state index in [1.54, 1.807) is 0 Å². The summed E-state index contributed by atoms with van der Waals surface area (Å²) >= 11 is 11.8. The number of nitrogens with zero attached hydrogens (tertiary/aromatic N) is 1. The van der Waals surface area contributed by atoms with Crippen molar-refractivity contribution in [3.05, 3.63) is 94.4 Å². The van der Waals surface area contributed by atoms with Crippen molar-refractivity contribution in [2.45, 2.75) is 13.5 Å². The number of aryl methyl sites for hydroxylation is 1. The zero-order valence-electron chi connectivity index (χ0n) is 16.9. The summed E-state index contributed by atoms with van der Waals surface area (Å²) in [6.07, 6.45) is 1.88. The van der Waals surface area contributed by atoms with Crippen molar-refractivity contribution in [2.75, 3.05) is 0 Å². The van der Waals surface area contributed by atoms with E-state index in [1.807, 2.05) is 73.7 Å². The number of benzene rings is 3. The number of nitrogens with one attached hydrogen (secondary N) is 1. The molecule has 1 N–H and O–H groups in total. The summed E-state index contributed by atoms with van der Waals surface area (Å²) < 4.78 is 8.01. The quantitative estimate of drug-likeness (QED) is 0.226. The number of amides is 1. The highest BCUT2D eigenvalue weighted by molar-refractivity contribution is 14.1. The molecule has 0 atom stereocenters. The molecule has 0 radical (unpaired) electrons. The Balaban J connectivity index is 1.49. The van der Waals surface area contributed by atoms with E-state index in [2.05, 4.69) is 55.5 Å². The zero-order chi connectivity index (χ0) is 22.7. The first-order valence-corrected chi connectivity index (χ1v) is 12.9. The maximum atomic E-state index is 12.4. The number of hydrogen-bond donors (Lipinski definition) is 1. The molecule has 0 saturated carbocycles. The van der Waals surface area contributed by atoms with Gasteiger partial charge in [-0.05, 0) is 117 Å². The van der Waals surface area contributed by atoms with Crippen LogP contribution in [0.1, 0.15) is 16.7 Å². The summed E-state index contributed by atoms with van der Waals surface area (Å²) in [4.78, 5) is 17.6. The van der Waals surface area contributed by atoms with Gasteiger partial charge in [0, 0.05) is 5.02 Å². The van der Waals surface area contributed by atoms with E-state index in [9.17, 15) is 4.79 Å². The van der Waals surface area contributed by atoms with E-state index in [0.29, 0.717) is 21.7 Å². The predicted molar refractivity (Wildman–Crippen MR) is 150 cm³/mol. The van der Waals surface area contributed by atoms with Gasteiger partial charge in [-0.3, -0.25) is 4.79 Å². The maximum absolute atomic E-state index is 12.4. The van der Waals surface area contributed by atoms with Gasteiger partial charge in [0.25, 0.3) is 5.91 Å². The SMILES string of the molecule is Cc1ccc(N=C2NC(=O)/C(=C/c3cc(I)c(OCc4ccc(Cl)cc4)c(I)c3)S2)cc1. The maximum Gasteiger partial charge on any atom is 0.264 e. The molecular formula is C24H17ClI2N2O2S. The summed E-state index contributed by atoms with van der Waals surface area (Å²) in [6.45, 7) is 2.49. The highest BCUT2D eigenvalue weighted by atomic mass is 127. The number of ether oxygens (including phenoxy) is 1. The molecule has 4 nitrogen and oxygen atoms in total. The Kier molecular flexibility index (Phi) is 7.80. The van der Waals surface area contributed by atoms with Crippen LogP contribution >= 0.6 is 68.5 Å². The van der Waals surface area contributed by atoms with Crippen molar-refractivity contribution in [3.63, 3.8) is 0 Å². The Labute approximate surface area is 223 Å². The van der Waals surface area contributed by atoms with Gasteiger partial charge in [0.1, 0.15) is 12.4 Å². The van der Waals surface area contributed by atoms with Crippen molar-refractivity contribution in [2.24, 2.45) is 4.99 Å². The van der Waals surface area contributed by atoms with E-state index >= 15 is 0 Å². The van der Waals surface area contributed by atoms with Gasteiger partial charge in [-0.25, -0.2) is 4.99 Å². The first-order valence-electron chi connectivity index (χ1n) is 9.60. The monoisotopic (exact) mass is 686 g/mol. The van der Waals surface area contributed by atoms with E-state index in [1.165, 1.54) is 17.3 Å². The van der Waals surface area contributed by atoms with Gasteiger partial charge in [0.15, 0.2) is 5.17 Å². The number of carbonyl (C=O) groups is 1. The third kappa shape index (κ3) is 6.06. The first kappa shape index (κ1) is 23.6. The van der Waals surface area contributed by atoms with Gasteiger partial charge in [0.2, 0.25) is 0 Å². The summed E-state index contributed by atoms with van der Waals surface area (Å²) in [5.74, 6) is 0.683. The lowest BCUT2D eigenvalue weighted by Crippen LogP contribution is -2.19. The number of rotatable bonds is 5. The number of thioether (sulfide) groups is 1. The van der Waals surface area contributed by atoms with Gasteiger partial charge in [0.05, 0.1) is 17.7 Å². The lowest BCUT2D eigenvalue weighted by Gasteiger charge is -2.12. The molecule has 0 spiro atoms. The lowest BCUT2D eigenvalue weighted by atomic mass is 10.2. The fourth-order valence-electron chi connectivity index (χ4n) is 2.91. The summed E-state index contributed by atoms with van der Waals surface area (Å²) in [5.41, 5.74) is 3.96. The molecule has 0 aromatic heterocycles. The van der Waals surface area contributed by atoms with E-state index in [0.717, 1.165) is 29.7 Å². The molecule has 1 saturated heterocycles. The third-order valence-electron chi connectivity index (χ3n) is 4.53. The molecule has 8 heteroatoms. The highest BCUT2D eigenvalue weighted by Crippen LogP contribution is 2.33. The zero-order valence-corrected chi connectivity index (χ0v) is 22.8. The molecule has 1 amide bonds. The molecule has 0 unspecified atom stereocenters. The molecule has 0 aliphatic carbocycles. The average Bonchev–Trinajstić information content (AvgIpc) is 3.09.